The van der Waals surface area contributed by atoms with E-state index in [4.69, 9.17) is 4.74 Å². The van der Waals surface area contributed by atoms with Gasteiger partial charge in [0.15, 0.2) is 0 Å². The second-order valence-corrected chi connectivity index (χ2v) is 16.1. The SMILES string of the molecule is C1=CC2Oc3ccccc3C2C=C1c1ccc(-c2ccc(N(c3ccc(-c4ccc(-c5ccccc5)cc4)cc3)c3ccc(-c4ccc(-c5ccccc5)cc4)cc3)cc2)cc1. The molecule has 0 saturated carbocycles. The Morgan fingerprint density at radius 2 is 0.629 bits per heavy atom. The Balaban J connectivity index is 0.874. The average molecular weight is 794 g/mol. The number of para-hydroxylation sites is 1. The van der Waals surface area contributed by atoms with Crippen molar-refractivity contribution in [3.63, 3.8) is 0 Å². The van der Waals surface area contributed by atoms with E-state index in [2.05, 4.69) is 248 Å². The van der Waals surface area contributed by atoms with Crippen molar-refractivity contribution in [3.8, 4) is 61.4 Å². The third kappa shape index (κ3) is 7.33. The average Bonchev–Trinajstić information content (AvgIpc) is 3.74. The summed E-state index contributed by atoms with van der Waals surface area (Å²) >= 11 is 0. The molecule has 11 rings (SSSR count). The fraction of sp³-hybridized carbons (Fsp3) is 0.0333. The zero-order chi connectivity index (χ0) is 41.2. The van der Waals surface area contributed by atoms with E-state index in [9.17, 15) is 0 Å². The number of nitrogens with zero attached hydrogens (tertiary/aromatic N) is 1. The Morgan fingerprint density at radius 3 is 1.03 bits per heavy atom. The molecule has 9 aromatic carbocycles. The van der Waals surface area contributed by atoms with Crippen LogP contribution in [0.2, 0.25) is 0 Å². The van der Waals surface area contributed by atoms with Crippen LogP contribution in [0.15, 0.2) is 249 Å². The minimum absolute atomic E-state index is 0.0690. The summed E-state index contributed by atoms with van der Waals surface area (Å²) in [4.78, 5) is 2.34. The van der Waals surface area contributed by atoms with Crippen molar-refractivity contribution in [2.75, 3.05) is 4.90 Å². The topological polar surface area (TPSA) is 12.5 Å². The highest BCUT2D eigenvalue weighted by Crippen LogP contribution is 2.44. The number of anilines is 3. The summed E-state index contributed by atoms with van der Waals surface area (Å²) in [7, 11) is 0. The number of hydrogen-bond acceptors (Lipinski definition) is 2. The number of ether oxygens (including phenoxy) is 1. The molecule has 2 atom stereocenters. The van der Waals surface area contributed by atoms with E-state index in [1.54, 1.807) is 0 Å². The van der Waals surface area contributed by atoms with Gasteiger partial charge in [-0.1, -0.05) is 200 Å². The molecule has 0 N–H and O–H groups in total. The number of allylic oxidation sites excluding steroid dienone is 2. The quantitative estimate of drug-likeness (QED) is 0.144. The van der Waals surface area contributed by atoms with E-state index in [-0.39, 0.29) is 12.0 Å². The van der Waals surface area contributed by atoms with Crippen molar-refractivity contribution in [2.45, 2.75) is 12.0 Å². The minimum atomic E-state index is 0.0690. The van der Waals surface area contributed by atoms with E-state index in [0.717, 1.165) is 22.8 Å². The first-order valence-electron chi connectivity index (χ1n) is 21.4. The lowest BCUT2D eigenvalue weighted by atomic mass is 9.87. The number of fused-ring (bicyclic) bond motifs is 3. The molecule has 0 spiro atoms. The molecule has 0 aromatic heterocycles. The van der Waals surface area contributed by atoms with Gasteiger partial charge in [0, 0.05) is 28.5 Å². The molecule has 1 aliphatic heterocycles. The Labute approximate surface area is 364 Å². The van der Waals surface area contributed by atoms with E-state index < -0.39 is 0 Å². The van der Waals surface area contributed by atoms with Crippen molar-refractivity contribution < 1.29 is 4.74 Å². The van der Waals surface area contributed by atoms with Crippen LogP contribution in [0.3, 0.4) is 0 Å². The summed E-state index contributed by atoms with van der Waals surface area (Å²) in [6.07, 6.45) is 6.83. The molecule has 0 saturated heterocycles. The van der Waals surface area contributed by atoms with Gasteiger partial charge in [-0.15, -0.1) is 0 Å². The van der Waals surface area contributed by atoms with Gasteiger partial charge in [0.1, 0.15) is 11.9 Å². The van der Waals surface area contributed by atoms with Crippen molar-refractivity contribution >= 4 is 22.6 Å². The third-order valence-electron chi connectivity index (χ3n) is 12.3. The molecule has 294 valence electrons. The summed E-state index contributed by atoms with van der Waals surface area (Å²) in [5, 5.41) is 0. The first-order valence-corrected chi connectivity index (χ1v) is 21.4. The first kappa shape index (κ1) is 37.1. The van der Waals surface area contributed by atoms with Gasteiger partial charge in [-0.05, 0) is 115 Å². The maximum atomic E-state index is 6.20. The predicted octanol–water partition coefficient (Wildman–Crippen LogP) is 16.0. The fourth-order valence-electron chi connectivity index (χ4n) is 8.93. The zero-order valence-electron chi connectivity index (χ0n) is 34.2. The molecular weight excluding hydrogens is 751 g/mol. The summed E-state index contributed by atoms with van der Waals surface area (Å²) in [5.41, 5.74) is 19.0. The van der Waals surface area contributed by atoms with Crippen molar-refractivity contribution in [2.24, 2.45) is 0 Å². The minimum Gasteiger partial charge on any atom is -0.485 e. The van der Waals surface area contributed by atoms with Gasteiger partial charge in [0.05, 0.1) is 0 Å². The van der Waals surface area contributed by atoms with Crippen LogP contribution in [-0.4, -0.2) is 6.10 Å². The van der Waals surface area contributed by atoms with Gasteiger partial charge in [-0.3, -0.25) is 0 Å². The van der Waals surface area contributed by atoms with E-state index in [1.165, 1.54) is 72.3 Å². The fourth-order valence-corrected chi connectivity index (χ4v) is 8.93. The maximum absolute atomic E-state index is 6.20. The van der Waals surface area contributed by atoms with Crippen molar-refractivity contribution in [1.82, 2.24) is 0 Å². The van der Waals surface area contributed by atoms with Crippen molar-refractivity contribution in [3.05, 3.63) is 260 Å². The molecule has 2 heteroatoms. The Kier molecular flexibility index (Phi) is 9.72. The highest BCUT2D eigenvalue weighted by molar-refractivity contribution is 5.83. The van der Waals surface area contributed by atoms with Crippen LogP contribution >= 0.6 is 0 Å². The largest absolute Gasteiger partial charge is 0.485 e. The summed E-state index contributed by atoms with van der Waals surface area (Å²) in [6.45, 7) is 0. The number of hydrogen-bond donors (Lipinski definition) is 0. The summed E-state index contributed by atoms with van der Waals surface area (Å²) in [5.74, 6) is 1.23. The van der Waals surface area contributed by atoms with Gasteiger partial charge in [-0.2, -0.15) is 0 Å². The zero-order valence-corrected chi connectivity index (χ0v) is 34.2. The van der Waals surface area contributed by atoms with Gasteiger partial charge >= 0.3 is 0 Å². The standard InChI is InChI=1S/C60H43NO/c1-3-9-42(10-4-1)44-15-19-46(20-16-44)49-27-34-54(35-28-49)61(55-36-29-50(30-37-55)47-21-17-45(18-22-47)43-11-5-2-6-12-43)56-38-31-51(32-39-56)48-23-25-52(26-24-48)53-33-40-60-58(41-53)57-13-7-8-14-59(57)62-60/h1-41,58,60H. The van der Waals surface area contributed by atoms with E-state index >= 15 is 0 Å². The smallest absolute Gasteiger partial charge is 0.128 e. The molecule has 1 aliphatic carbocycles. The molecule has 2 aliphatic rings. The Bertz CT molecular complexity index is 2900. The van der Waals surface area contributed by atoms with Gasteiger partial charge < -0.3 is 9.64 Å². The molecule has 2 nitrogen and oxygen atoms in total. The molecule has 2 unspecified atom stereocenters. The molecule has 1 heterocycles. The number of benzene rings is 9. The monoisotopic (exact) mass is 793 g/mol. The van der Waals surface area contributed by atoms with Crippen LogP contribution in [-0.2, 0) is 0 Å². The highest BCUT2D eigenvalue weighted by Gasteiger charge is 2.33. The number of rotatable bonds is 9. The molecule has 0 amide bonds. The van der Waals surface area contributed by atoms with Gasteiger partial charge in [0.25, 0.3) is 0 Å². The van der Waals surface area contributed by atoms with Gasteiger partial charge in [0.2, 0.25) is 0 Å². The third-order valence-corrected chi connectivity index (χ3v) is 12.3. The van der Waals surface area contributed by atoms with Crippen LogP contribution in [0.4, 0.5) is 17.1 Å². The molecular formula is C60H43NO. The second kappa shape index (κ2) is 16.3. The summed E-state index contributed by atoms with van der Waals surface area (Å²) < 4.78 is 6.20. The lowest BCUT2D eigenvalue weighted by molar-refractivity contribution is 0.269. The predicted molar refractivity (Wildman–Crippen MR) is 259 cm³/mol. The van der Waals surface area contributed by atoms with Gasteiger partial charge in [-0.25, -0.2) is 0 Å². The Hall–Kier alpha value is -7.94. The van der Waals surface area contributed by atoms with Crippen molar-refractivity contribution in [1.29, 1.82) is 0 Å². The van der Waals surface area contributed by atoms with E-state index in [1.807, 2.05) is 6.07 Å². The second-order valence-electron chi connectivity index (χ2n) is 16.1. The van der Waals surface area contributed by atoms with Crippen LogP contribution < -0.4 is 9.64 Å². The normalized spacial score (nSPS) is 14.9. The maximum Gasteiger partial charge on any atom is 0.128 e. The van der Waals surface area contributed by atoms with Crippen LogP contribution in [0.25, 0.3) is 61.2 Å². The first-order chi connectivity index (χ1) is 30.7. The molecule has 0 radical (unpaired) electrons. The summed E-state index contributed by atoms with van der Waals surface area (Å²) in [6, 6.07) is 82.9. The molecule has 0 bridgehead atoms. The lowest BCUT2D eigenvalue weighted by Crippen LogP contribution is -2.16. The molecule has 9 aromatic rings. The van der Waals surface area contributed by atoms with E-state index in [0.29, 0.717) is 0 Å². The van der Waals surface area contributed by atoms with Crippen LogP contribution in [0, 0.1) is 0 Å². The lowest BCUT2D eigenvalue weighted by Gasteiger charge is -2.26. The van der Waals surface area contributed by atoms with Crippen LogP contribution in [0.5, 0.6) is 5.75 Å². The van der Waals surface area contributed by atoms with Crippen LogP contribution in [0.1, 0.15) is 17.0 Å². The highest BCUT2D eigenvalue weighted by atomic mass is 16.5. The molecule has 62 heavy (non-hydrogen) atoms. The Morgan fingerprint density at radius 1 is 0.306 bits per heavy atom. The molecule has 0 fully saturated rings.